The quantitative estimate of drug-likeness (QED) is 0.691. The van der Waals surface area contributed by atoms with Crippen molar-refractivity contribution in [3.05, 3.63) is 48.0 Å². The Hall–Kier alpha value is -2.56. The summed E-state index contributed by atoms with van der Waals surface area (Å²) in [6.45, 7) is 8.36. The molecule has 0 radical (unpaired) electrons. The third kappa shape index (κ3) is 4.10. The Labute approximate surface area is 149 Å². The van der Waals surface area contributed by atoms with Gasteiger partial charge in [-0.1, -0.05) is 42.5 Å². The van der Waals surface area contributed by atoms with Crippen molar-refractivity contribution in [2.45, 2.75) is 20.4 Å². The summed E-state index contributed by atoms with van der Waals surface area (Å²) in [5.74, 6) is 1.08. The second-order valence-corrected chi connectivity index (χ2v) is 6.30. The molecular formula is C20H26N4O. The molecule has 0 bridgehead atoms. The van der Waals surface area contributed by atoms with Crippen molar-refractivity contribution in [1.29, 1.82) is 0 Å². The zero-order valence-electron chi connectivity index (χ0n) is 15.0. The smallest absolute Gasteiger partial charge is 0.219 e. The Bertz CT molecular complexity index is 758. The maximum atomic E-state index is 11.5. The molecule has 0 unspecified atom stereocenters. The number of carbonyl (C=O) groups is 1. The molecule has 1 heterocycles. The average molecular weight is 338 g/mol. The first-order valence-electron chi connectivity index (χ1n) is 8.94. The molecule has 5 nitrogen and oxygen atoms in total. The van der Waals surface area contributed by atoms with Crippen LogP contribution in [-0.2, 0) is 11.3 Å². The zero-order valence-corrected chi connectivity index (χ0v) is 15.0. The van der Waals surface area contributed by atoms with E-state index in [1.807, 2.05) is 4.90 Å². The topological polar surface area (TPSA) is 47.9 Å². The van der Waals surface area contributed by atoms with Crippen LogP contribution in [0.1, 0.15) is 19.4 Å². The third-order valence-electron chi connectivity index (χ3n) is 4.64. The van der Waals surface area contributed by atoms with Crippen LogP contribution in [0.2, 0.25) is 0 Å². The van der Waals surface area contributed by atoms with Gasteiger partial charge >= 0.3 is 0 Å². The molecule has 132 valence electrons. The van der Waals surface area contributed by atoms with Crippen molar-refractivity contribution in [2.24, 2.45) is 4.99 Å². The maximum absolute atomic E-state index is 11.5. The Morgan fingerprint density at radius 3 is 2.44 bits per heavy atom. The van der Waals surface area contributed by atoms with Crippen molar-refractivity contribution in [3.8, 4) is 0 Å². The molecule has 0 aromatic heterocycles. The van der Waals surface area contributed by atoms with E-state index in [0.717, 1.165) is 38.7 Å². The predicted octanol–water partition coefficient (Wildman–Crippen LogP) is 2.47. The number of hydrogen-bond donors (Lipinski definition) is 1. The first kappa shape index (κ1) is 17.3. The van der Waals surface area contributed by atoms with Gasteiger partial charge in [0.1, 0.15) is 0 Å². The van der Waals surface area contributed by atoms with E-state index in [-0.39, 0.29) is 5.91 Å². The minimum absolute atomic E-state index is 0.150. The Morgan fingerprint density at radius 2 is 1.72 bits per heavy atom. The summed E-state index contributed by atoms with van der Waals surface area (Å²) in [4.78, 5) is 20.5. The molecule has 3 rings (SSSR count). The number of carbonyl (C=O) groups excluding carboxylic acids is 1. The Morgan fingerprint density at radius 1 is 1.04 bits per heavy atom. The zero-order chi connectivity index (χ0) is 17.6. The van der Waals surface area contributed by atoms with Crippen LogP contribution in [0.25, 0.3) is 10.8 Å². The number of hydrogen-bond acceptors (Lipinski definition) is 2. The average Bonchev–Trinajstić information content (AvgIpc) is 2.65. The summed E-state index contributed by atoms with van der Waals surface area (Å²) in [7, 11) is 0. The lowest BCUT2D eigenvalue weighted by Crippen LogP contribution is -2.53. The van der Waals surface area contributed by atoms with E-state index in [2.05, 4.69) is 59.6 Å². The first-order chi connectivity index (χ1) is 12.2. The van der Waals surface area contributed by atoms with E-state index in [1.165, 1.54) is 16.3 Å². The summed E-state index contributed by atoms with van der Waals surface area (Å²) in [6, 6.07) is 14.8. The van der Waals surface area contributed by atoms with E-state index >= 15 is 0 Å². The molecule has 1 aliphatic heterocycles. The van der Waals surface area contributed by atoms with Crippen LogP contribution in [-0.4, -0.2) is 54.4 Å². The molecule has 25 heavy (non-hydrogen) atoms. The third-order valence-corrected chi connectivity index (χ3v) is 4.64. The minimum atomic E-state index is 0.150. The molecule has 1 amide bonds. The fraction of sp³-hybridized carbons (Fsp3) is 0.400. The number of guanidine groups is 1. The van der Waals surface area contributed by atoms with Gasteiger partial charge in [-0.3, -0.25) is 4.79 Å². The summed E-state index contributed by atoms with van der Waals surface area (Å²) >= 11 is 0. The molecule has 0 aliphatic carbocycles. The van der Waals surface area contributed by atoms with Crippen molar-refractivity contribution >= 4 is 22.6 Å². The lowest BCUT2D eigenvalue weighted by atomic mass is 10.1. The van der Waals surface area contributed by atoms with Gasteiger partial charge in [0.05, 0.1) is 6.54 Å². The highest BCUT2D eigenvalue weighted by atomic mass is 16.2. The number of nitrogens with one attached hydrogen (secondary N) is 1. The molecule has 1 fully saturated rings. The van der Waals surface area contributed by atoms with E-state index in [1.54, 1.807) is 6.92 Å². The largest absolute Gasteiger partial charge is 0.357 e. The highest BCUT2D eigenvalue weighted by molar-refractivity contribution is 5.86. The van der Waals surface area contributed by atoms with Crippen molar-refractivity contribution in [3.63, 3.8) is 0 Å². The molecule has 2 aromatic carbocycles. The Kier molecular flexibility index (Phi) is 5.53. The maximum Gasteiger partial charge on any atom is 0.219 e. The van der Waals surface area contributed by atoms with Crippen LogP contribution >= 0.6 is 0 Å². The summed E-state index contributed by atoms with van der Waals surface area (Å²) in [5, 5.41) is 5.89. The molecule has 1 aliphatic rings. The number of rotatable bonds is 3. The minimum Gasteiger partial charge on any atom is -0.357 e. The van der Waals surface area contributed by atoms with Gasteiger partial charge in [-0.05, 0) is 23.3 Å². The standard InChI is InChI=1S/C20H26N4O/c1-3-21-20(24-13-11-23(12-14-24)16(2)25)22-15-18-9-6-8-17-7-4-5-10-19(17)18/h4-10H,3,11-15H2,1-2H3,(H,21,22). The van der Waals surface area contributed by atoms with Crippen molar-refractivity contribution in [2.75, 3.05) is 32.7 Å². The van der Waals surface area contributed by atoms with E-state index in [9.17, 15) is 4.79 Å². The second-order valence-electron chi connectivity index (χ2n) is 6.30. The lowest BCUT2D eigenvalue weighted by Gasteiger charge is -2.36. The SMILES string of the molecule is CCNC(=NCc1cccc2ccccc12)N1CCN(C(C)=O)CC1. The molecule has 1 saturated heterocycles. The van der Waals surface area contributed by atoms with E-state index in [0.29, 0.717) is 6.54 Å². The van der Waals surface area contributed by atoms with Crippen LogP contribution in [0.5, 0.6) is 0 Å². The summed E-state index contributed by atoms with van der Waals surface area (Å²) in [6.07, 6.45) is 0. The van der Waals surface area contributed by atoms with Crippen molar-refractivity contribution in [1.82, 2.24) is 15.1 Å². The van der Waals surface area contributed by atoms with Gasteiger partial charge < -0.3 is 15.1 Å². The van der Waals surface area contributed by atoms with Gasteiger partial charge in [0.2, 0.25) is 5.91 Å². The molecule has 2 aromatic rings. The molecule has 0 saturated carbocycles. The van der Waals surface area contributed by atoms with Gasteiger partial charge in [0, 0.05) is 39.6 Å². The first-order valence-corrected chi connectivity index (χ1v) is 8.94. The number of benzene rings is 2. The molecule has 0 atom stereocenters. The lowest BCUT2D eigenvalue weighted by molar-refractivity contribution is -0.130. The summed E-state index contributed by atoms with van der Waals surface area (Å²) in [5.41, 5.74) is 1.23. The molecule has 0 spiro atoms. The van der Waals surface area contributed by atoms with Gasteiger partial charge in [-0.15, -0.1) is 0 Å². The Balaban J connectivity index is 1.75. The highest BCUT2D eigenvalue weighted by Crippen LogP contribution is 2.19. The number of fused-ring (bicyclic) bond motifs is 1. The molecule has 5 heteroatoms. The van der Waals surface area contributed by atoms with Crippen LogP contribution in [0.3, 0.4) is 0 Å². The van der Waals surface area contributed by atoms with Gasteiger partial charge in [0.25, 0.3) is 0 Å². The number of amides is 1. The molecular weight excluding hydrogens is 312 g/mol. The number of nitrogens with zero attached hydrogens (tertiary/aromatic N) is 3. The van der Waals surface area contributed by atoms with Gasteiger partial charge in [0.15, 0.2) is 5.96 Å². The van der Waals surface area contributed by atoms with Crippen molar-refractivity contribution < 1.29 is 4.79 Å². The van der Waals surface area contributed by atoms with Gasteiger partial charge in [-0.2, -0.15) is 0 Å². The van der Waals surface area contributed by atoms with Crippen LogP contribution < -0.4 is 5.32 Å². The highest BCUT2D eigenvalue weighted by Gasteiger charge is 2.20. The summed E-state index contributed by atoms with van der Waals surface area (Å²) < 4.78 is 0. The van der Waals surface area contributed by atoms with E-state index in [4.69, 9.17) is 4.99 Å². The van der Waals surface area contributed by atoms with Gasteiger partial charge in [-0.25, -0.2) is 4.99 Å². The fourth-order valence-electron chi connectivity index (χ4n) is 3.25. The van der Waals surface area contributed by atoms with E-state index < -0.39 is 0 Å². The normalized spacial score (nSPS) is 15.5. The monoisotopic (exact) mass is 338 g/mol. The molecule has 1 N–H and O–H groups in total. The predicted molar refractivity (Wildman–Crippen MR) is 103 cm³/mol. The number of aliphatic imine (C=N–C) groups is 1. The second kappa shape index (κ2) is 8.01. The number of piperazine rings is 1. The van der Waals surface area contributed by atoms with Crippen LogP contribution in [0.4, 0.5) is 0 Å². The van der Waals surface area contributed by atoms with Crippen LogP contribution in [0.15, 0.2) is 47.5 Å². The van der Waals surface area contributed by atoms with Crippen LogP contribution in [0, 0.1) is 0 Å². The fourth-order valence-corrected chi connectivity index (χ4v) is 3.25.